The summed E-state index contributed by atoms with van der Waals surface area (Å²) in [5.74, 6) is 0.625. The second kappa shape index (κ2) is 6.03. The minimum Gasteiger partial charge on any atom is -0.122 e. The molecule has 0 rings (SSSR count). The Kier molecular flexibility index (Phi) is 6.06. The van der Waals surface area contributed by atoms with E-state index in [-0.39, 0.29) is 0 Å². The quantitative estimate of drug-likeness (QED) is 0.393. The van der Waals surface area contributed by atoms with Gasteiger partial charge in [0.25, 0.3) is 0 Å². The molecular weight excluding hydrogens is 108 g/mol. The van der Waals surface area contributed by atoms with E-state index < -0.39 is 0 Å². The third-order valence-electron chi connectivity index (χ3n) is 0.627. The van der Waals surface area contributed by atoms with E-state index >= 15 is 0 Å². The van der Waals surface area contributed by atoms with Gasteiger partial charge in [-0.2, -0.15) is 0 Å². The van der Waals surface area contributed by atoms with Crippen LogP contribution in [0.1, 0.15) is 12.8 Å². The fourth-order valence-corrected chi connectivity index (χ4v) is 0.425. The first-order chi connectivity index (χ1) is 3.41. The molecule has 7 heavy (non-hydrogen) atoms. The van der Waals surface area contributed by atoms with Crippen molar-refractivity contribution in [2.75, 3.05) is 5.88 Å². The van der Waals surface area contributed by atoms with Crippen molar-refractivity contribution in [1.29, 1.82) is 0 Å². The van der Waals surface area contributed by atoms with Gasteiger partial charge in [-0.3, -0.25) is 0 Å². The lowest BCUT2D eigenvalue weighted by Gasteiger charge is -1.78. The van der Waals surface area contributed by atoms with Gasteiger partial charge in [0.2, 0.25) is 0 Å². The van der Waals surface area contributed by atoms with Gasteiger partial charge in [0.1, 0.15) is 0 Å². The maximum absolute atomic E-state index is 5.33. The summed E-state index contributed by atoms with van der Waals surface area (Å²) in [6.07, 6.45) is 5.99. The van der Waals surface area contributed by atoms with E-state index in [1.165, 1.54) is 0 Å². The molecule has 41 valence electrons. The maximum atomic E-state index is 5.33. The predicted molar refractivity (Wildman–Crippen MR) is 34.5 cm³/mol. The lowest BCUT2D eigenvalue weighted by Crippen LogP contribution is -1.62. The number of alkyl halides is 1. The van der Waals surface area contributed by atoms with E-state index in [0.717, 1.165) is 12.8 Å². The molecule has 0 saturated carbocycles. The average Bonchev–Trinajstić information content (AvgIpc) is 1.69. The van der Waals surface area contributed by atoms with Crippen LogP contribution in [0.2, 0.25) is 0 Å². The molecule has 0 bridgehead atoms. The third kappa shape index (κ3) is 6.03. The first kappa shape index (κ1) is 7.03. The highest BCUT2D eigenvalue weighted by Gasteiger charge is 1.69. The van der Waals surface area contributed by atoms with Crippen molar-refractivity contribution in [3.63, 3.8) is 0 Å². The molecule has 0 aromatic rings. The topological polar surface area (TPSA) is 0 Å². The lowest BCUT2D eigenvalue weighted by molar-refractivity contribution is 1.05. The Labute approximate surface area is 50.2 Å². The van der Waals surface area contributed by atoms with Crippen LogP contribution in [0, 0.1) is 6.92 Å². The SMILES string of the molecule is [CH2]CCC=CCCl. The third-order valence-corrected chi connectivity index (χ3v) is 0.805. The van der Waals surface area contributed by atoms with Gasteiger partial charge in [-0.25, -0.2) is 0 Å². The smallest absolute Gasteiger partial charge is 0.0404 e. The maximum Gasteiger partial charge on any atom is 0.0404 e. The molecule has 0 aliphatic rings. The molecule has 1 heteroatoms. The van der Waals surface area contributed by atoms with E-state index in [1.54, 1.807) is 0 Å². The molecular formula is C6H10Cl. The van der Waals surface area contributed by atoms with Crippen LogP contribution in [0.25, 0.3) is 0 Å². The first-order valence-corrected chi connectivity index (χ1v) is 2.95. The Morgan fingerprint density at radius 2 is 2.14 bits per heavy atom. The Balaban J connectivity index is 2.78. The van der Waals surface area contributed by atoms with Crippen LogP contribution in [-0.2, 0) is 0 Å². The van der Waals surface area contributed by atoms with Crippen LogP contribution in [0.4, 0.5) is 0 Å². The number of unbranched alkanes of at least 4 members (excludes halogenated alkanes) is 1. The largest absolute Gasteiger partial charge is 0.122 e. The van der Waals surface area contributed by atoms with Crippen LogP contribution in [0.3, 0.4) is 0 Å². The van der Waals surface area contributed by atoms with Gasteiger partial charge in [0.15, 0.2) is 0 Å². The van der Waals surface area contributed by atoms with Crippen LogP contribution < -0.4 is 0 Å². The van der Waals surface area contributed by atoms with Crippen LogP contribution >= 0.6 is 11.6 Å². The van der Waals surface area contributed by atoms with Gasteiger partial charge in [-0.1, -0.05) is 19.1 Å². The fourth-order valence-electron chi connectivity index (χ4n) is 0.299. The second-order valence-corrected chi connectivity index (χ2v) is 1.58. The van der Waals surface area contributed by atoms with Gasteiger partial charge in [0.05, 0.1) is 0 Å². The molecule has 0 aromatic heterocycles. The minimum atomic E-state index is 0.625. The van der Waals surface area contributed by atoms with Crippen LogP contribution in [0.15, 0.2) is 12.2 Å². The molecule has 1 radical (unpaired) electrons. The molecule has 0 aromatic carbocycles. The molecule has 0 spiro atoms. The molecule has 0 aliphatic heterocycles. The van der Waals surface area contributed by atoms with Gasteiger partial charge >= 0.3 is 0 Å². The highest BCUT2D eigenvalue weighted by molar-refractivity contribution is 6.18. The van der Waals surface area contributed by atoms with Gasteiger partial charge in [-0.05, 0) is 12.8 Å². The number of halogens is 1. The summed E-state index contributed by atoms with van der Waals surface area (Å²) >= 11 is 5.33. The first-order valence-electron chi connectivity index (χ1n) is 2.42. The number of hydrogen-bond acceptors (Lipinski definition) is 0. The van der Waals surface area contributed by atoms with Crippen molar-refractivity contribution < 1.29 is 0 Å². The highest BCUT2D eigenvalue weighted by Crippen LogP contribution is 1.87. The molecule has 0 atom stereocenters. The summed E-state index contributed by atoms with van der Waals surface area (Å²) in [5, 5.41) is 0. The molecule has 0 N–H and O–H groups in total. The summed E-state index contributed by atoms with van der Waals surface area (Å²) in [5.41, 5.74) is 0. The van der Waals surface area contributed by atoms with E-state index in [2.05, 4.69) is 6.92 Å². The summed E-state index contributed by atoms with van der Waals surface area (Å²) in [6, 6.07) is 0. The number of hydrogen-bond donors (Lipinski definition) is 0. The molecule has 0 aliphatic carbocycles. The van der Waals surface area contributed by atoms with E-state index in [0.29, 0.717) is 5.88 Å². The van der Waals surface area contributed by atoms with Gasteiger partial charge < -0.3 is 0 Å². The predicted octanol–water partition coefficient (Wildman–Crippen LogP) is 2.40. The van der Waals surface area contributed by atoms with E-state index in [1.807, 2.05) is 12.2 Å². The normalized spacial score (nSPS) is 10.6. The van der Waals surface area contributed by atoms with Crippen molar-refractivity contribution in [1.82, 2.24) is 0 Å². The van der Waals surface area contributed by atoms with Crippen molar-refractivity contribution in [2.24, 2.45) is 0 Å². The summed E-state index contributed by atoms with van der Waals surface area (Å²) in [6.45, 7) is 3.66. The van der Waals surface area contributed by atoms with Gasteiger partial charge in [0, 0.05) is 5.88 Å². The second-order valence-electron chi connectivity index (χ2n) is 1.27. The minimum absolute atomic E-state index is 0.625. The Morgan fingerprint density at radius 3 is 2.57 bits per heavy atom. The van der Waals surface area contributed by atoms with Crippen molar-refractivity contribution in [3.05, 3.63) is 19.1 Å². The van der Waals surface area contributed by atoms with Gasteiger partial charge in [-0.15, -0.1) is 11.6 Å². The van der Waals surface area contributed by atoms with Crippen molar-refractivity contribution in [2.45, 2.75) is 12.8 Å². The zero-order chi connectivity index (χ0) is 5.54. The molecule has 0 amide bonds. The lowest BCUT2D eigenvalue weighted by atomic mass is 10.3. The Morgan fingerprint density at radius 1 is 1.43 bits per heavy atom. The fraction of sp³-hybridized carbons (Fsp3) is 0.500. The van der Waals surface area contributed by atoms with Crippen molar-refractivity contribution >= 4 is 11.6 Å². The standard InChI is InChI=1S/C6H10Cl/c1-2-3-4-5-6-7/h4-5H,1-3,6H2. The monoisotopic (exact) mass is 117 g/mol. The number of allylic oxidation sites excluding steroid dienone is 2. The Hall–Kier alpha value is 0.0300. The summed E-state index contributed by atoms with van der Waals surface area (Å²) < 4.78 is 0. The molecule has 0 saturated heterocycles. The van der Waals surface area contributed by atoms with E-state index in [4.69, 9.17) is 11.6 Å². The average molecular weight is 118 g/mol. The summed E-state index contributed by atoms with van der Waals surface area (Å²) in [7, 11) is 0. The zero-order valence-corrected chi connectivity index (χ0v) is 5.12. The molecule has 0 unspecified atom stereocenters. The molecule has 0 nitrogen and oxygen atoms in total. The highest BCUT2D eigenvalue weighted by atomic mass is 35.5. The molecule has 0 fully saturated rings. The van der Waals surface area contributed by atoms with Crippen LogP contribution in [0.5, 0.6) is 0 Å². The zero-order valence-electron chi connectivity index (χ0n) is 4.36. The van der Waals surface area contributed by atoms with Crippen molar-refractivity contribution in [3.8, 4) is 0 Å². The van der Waals surface area contributed by atoms with E-state index in [9.17, 15) is 0 Å². The van der Waals surface area contributed by atoms with Crippen LogP contribution in [-0.4, -0.2) is 5.88 Å². The molecule has 0 heterocycles. The summed E-state index contributed by atoms with van der Waals surface area (Å²) in [4.78, 5) is 0. The number of rotatable bonds is 3. The Bertz CT molecular complexity index is 48.1.